The fourth-order valence-electron chi connectivity index (χ4n) is 1.03. The Labute approximate surface area is 89.6 Å². The van der Waals surface area contributed by atoms with E-state index in [2.05, 4.69) is 11.8 Å². The molecule has 0 bridgehead atoms. The summed E-state index contributed by atoms with van der Waals surface area (Å²) in [6, 6.07) is 7.47. The first kappa shape index (κ1) is 11.6. The molecule has 0 amide bonds. The van der Waals surface area contributed by atoms with Gasteiger partial charge in [0.25, 0.3) is 0 Å². The summed E-state index contributed by atoms with van der Waals surface area (Å²) in [5.41, 5.74) is 0.808. The summed E-state index contributed by atoms with van der Waals surface area (Å²) < 4.78 is 10.1. The van der Waals surface area contributed by atoms with Gasteiger partial charge in [-0.05, 0) is 12.1 Å². The van der Waals surface area contributed by atoms with Crippen LogP contribution in [0.25, 0.3) is 0 Å². The van der Waals surface area contributed by atoms with Crippen LogP contribution in [0.15, 0.2) is 24.3 Å². The molecule has 15 heavy (non-hydrogen) atoms. The summed E-state index contributed by atoms with van der Waals surface area (Å²) in [7, 11) is 1.57. The van der Waals surface area contributed by atoms with Crippen LogP contribution >= 0.6 is 0 Å². The zero-order chi connectivity index (χ0) is 10.9. The molecule has 0 unspecified atom stereocenters. The number of para-hydroxylation sites is 1. The lowest BCUT2D eigenvalue weighted by atomic mass is 10.2. The summed E-state index contributed by atoms with van der Waals surface area (Å²) >= 11 is 0. The molecule has 0 aliphatic heterocycles. The van der Waals surface area contributed by atoms with E-state index in [4.69, 9.17) is 14.6 Å². The third kappa shape index (κ3) is 4.03. The third-order valence-corrected chi connectivity index (χ3v) is 1.68. The minimum Gasteiger partial charge on any atom is -0.466 e. The Morgan fingerprint density at radius 2 is 2.13 bits per heavy atom. The van der Waals surface area contributed by atoms with Gasteiger partial charge in [-0.1, -0.05) is 24.0 Å². The lowest BCUT2D eigenvalue weighted by Crippen LogP contribution is -2.00. The second kappa shape index (κ2) is 6.88. The number of ether oxygens (including phenoxy) is 2. The van der Waals surface area contributed by atoms with E-state index in [-0.39, 0.29) is 13.4 Å². The molecule has 0 aromatic heterocycles. The van der Waals surface area contributed by atoms with E-state index in [0.29, 0.717) is 12.2 Å². The molecule has 1 aromatic carbocycles. The van der Waals surface area contributed by atoms with Crippen LogP contribution in [0.5, 0.6) is 5.75 Å². The highest BCUT2D eigenvalue weighted by molar-refractivity contribution is 5.45. The molecule has 0 fully saturated rings. The van der Waals surface area contributed by atoms with Gasteiger partial charge in [-0.15, -0.1) is 0 Å². The molecule has 0 aliphatic rings. The summed E-state index contributed by atoms with van der Waals surface area (Å²) in [6.45, 7) is 0.285. The van der Waals surface area contributed by atoms with Crippen LogP contribution in [0, 0.1) is 11.8 Å². The molecule has 0 atom stereocenters. The molecular formula is C12H14O3. The smallest absolute Gasteiger partial charge is 0.188 e. The van der Waals surface area contributed by atoms with Crippen molar-refractivity contribution in [3.8, 4) is 17.6 Å². The van der Waals surface area contributed by atoms with E-state index in [1.54, 1.807) is 7.11 Å². The molecule has 0 spiro atoms. The second-order valence-electron chi connectivity index (χ2n) is 2.82. The van der Waals surface area contributed by atoms with E-state index in [9.17, 15) is 0 Å². The van der Waals surface area contributed by atoms with Crippen molar-refractivity contribution in [2.45, 2.75) is 6.42 Å². The van der Waals surface area contributed by atoms with E-state index in [0.717, 1.165) is 5.56 Å². The molecule has 1 N–H and O–H groups in total. The molecule has 3 heteroatoms. The van der Waals surface area contributed by atoms with Gasteiger partial charge < -0.3 is 14.6 Å². The molecule has 3 nitrogen and oxygen atoms in total. The van der Waals surface area contributed by atoms with E-state index >= 15 is 0 Å². The van der Waals surface area contributed by atoms with Crippen LogP contribution in [-0.2, 0) is 4.74 Å². The summed E-state index contributed by atoms with van der Waals surface area (Å²) in [5, 5.41) is 8.60. The number of methoxy groups -OCH3 is 1. The van der Waals surface area contributed by atoms with Crippen LogP contribution in [0.4, 0.5) is 0 Å². The molecule has 1 aromatic rings. The molecule has 0 radical (unpaired) electrons. The molecule has 0 saturated carbocycles. The first-order chi connectivity index (χ1) is 7.38. The van der Waals surface area contributed by atoms with Gasteiger partial charge in [-0.2, -0.15) is 0 Å². The lowest BCUT2D eigenvalue weighted by molar-refractivity contribution is 0.0509. The average Bonchev–Trinajstić information content (AvgIpc) is 2.28. The Bertz CT molecular complexity index is 349. The quantitative estimate of drug-likeness (QED) is 0.598. The predicted octanol–water partition coefficient (Wildman–Crippen LogP) is 1.40. The maximum Gasteiger partial charge on any atom is 0.188 e. The van der Waals surface area contributed by atoms with Crippen molar-refractivity contribution in [2.24, 2.45) is 0 Å². The number of hydrogen-bond donors (Lipinski definition) is 1. The van der Waals surface area contributed by atoms with E-state index in [1.165, 1.54) is 0 Å². The predicted molar refractivity (Wildman–Crippen MR) is 57.5 cm³/mol. The van der Waals surface area contributed by atoms with Crippen LogP contribution in [0.3, 0.4) is 0 Å². The maximum absolute atomic E-state index is 8.60. The van der Waals surface area contributed by atoms with Gasteiger partial charge in [0.05, 0.1) is 12.2 Å². The van der Waals surface area contributed by atoms with Crippen LogP contribution < -0.4 is 4.74 Å². The van der Waals surface area contributed by atoms with Gasteiger partial charge in [0.15, 0.2) is 6.79 Å². The molecule has 0 saturated heterocycles. The van der Waals surface area contributed by atoms with Crippen molar-refractivity contribution >= 4 is 0 Å². The van der Waals surface area contributed by atoms with Gasteiger partial charge in [0.1, 0.15) is 5.75 Å². The largest absolute Gasteiger partial charge is 0.466 e. The maximum atomic E-state index is 8.60. The topological polar surface area (TPSA) is 38.7 Å². The summed E-state index contributed by atoms with van der Waals surface area (Å²) in [4.78, 5) is 0. The SMILES string of the molecule is COCOc1ccccc1C#CCCO. The van der Waals surface area contributed by atoms with Crippen LogP contribution in [-0.4, -0.2) is 25.6 Å². The van der Waals surface area contributed by atoms with Crippen molar-refractivity contribution in [3.05, 3.63) is 29.8 Å². The highest BCUT2D eigenvalue weighted by atomic mass is 16.7. The Morgan fingerprint density at radius 1 is 1.33 bits per heavy atom. The zero-order valence-corrected chi connectivity index (χ0v) is 8.69. The summed E-state index contributed by atoms with van der Waals surface area (Å²) in [5.74, 6) is 6.48. The zero-order valence-electron chi connectivity index (χ0n) is 8.69. The highest BCUT2D eigenvalue weighted by Crippen LogP contribution is 2.16. The molecular weight excluding hydrogens is 192 g/mol. The number of aliphatic hydroxyl groups excluding tert-OH is 1. The minimum atomic E-state index is 0.0775. The summed E-state index contributed by atoms with van der Waals surface area (Å²) in [6.07, 6.45) is 0.471. The van der Waals surface area contributed by atoms with E-state index in [1.807, 2.05) is 24.3 Å². The molecule has 0 heterocycles. The van der Waals surface area contributed by atoms with Crippen molar-refractivity contribution in [2.75, 3.05) is 20.5 Å². The van der Waals surface area contributed by atoms with Gasteiger partial charge in [0, 0.05) is 13.5 Å². The lowest BCUT2D eigenvalue weighted by Gasteiger charge is -2.05. The highest BCUT2D eigenvalue weighted by Gasteiger charge is 1.98. The van der Waals surface area contributed by atoms with Crippen molar-refractivity contribution in [1.29, 1.82) is 0 Å². The Balaban J connectivity index is 2.73. The normalized spacial score (nSPS) is 9.20. The van der Waals surface area contributed by atoms with Gasteiger partial charge in [0.2, 0.25) is 0 Å². The average molecular weight is 206 g/mol. The third-order valence-electron chi connectivity index (χ3n) is 1.68. The monoisotopic (exact) mass is 206 g/mol. The standard InChI is InChI=1S/C12H14O3/c1-14-10-15-12-8-3-2-6-11(12)7-4-5-9-13/h2-3,6,8,13H,5,9-10H2,1H3. The number of rotatable bonds is 4. The van der Waals surface area contributed by atoms with Crippen molar-refractivity contribution < 1.29 is 14.6 Å². The Morgan fingerprint density at radius 3 is 2.87 bits per heavy atom. The van der Waals surface area contributed by atoms with Gasteiger partial charge >= 0.3 is 0 Å². The number of aliphatic hydroxyl groups is 1. The fraction of sp³-hybridized carbons (Fsp3) is 0.333. The van der Waals surface area contributed by atoms with Crippen molar-refractivity contribution in [1.82, 2.24) is 0 Å². The van der Waals surface area contributed by atoms with Crippen molar-refractivity contribution in [3.63, 3.8) is 0 Å². The molecule has 0 aliphatic carbocycles. The molecule has 80 valence electrons. The number of benzene rings is 1. The molecule has 1 rings (SSSR count). The Kier molecular flexibility index (Phi) is 5.31. The van der Waals surface area contributed by atoms with Crippen LogP contribution in [0.2, 0.25) is 0 Å². The second-order valence-corrected chi connectivity index (χ2v) is 2.82. The van der Waals surface area contributed by atoms with E-state index < -0.39 is 0 Å². The Hall–Kier alpha value is -1.50. The first-order valence-electron chi connectivity index (χ1n) is 4.69. The van der Waals surface area contributed by atoms with Gasteiger partial charge in [-0.25, -0.2) is 0 Å². The first-order valence-corrected chi connectivity index (χ1v) is 4.69. The van der Waals surface area contributed by atoms with Crippen LogP contribution in [0.1, 0.15) is 12.0 Å². The number of hydrogen-bond acceptors (Lipinski definition) is 3. The fourth-order valence-corrected chi connectivity index (χ4v) is 1.03. The van der Waals surface area contributed by atoms with Gasteiger partial charge in [-0.3, -0.25) is 0 Å². The minimum absolute atomic E-state index is 0.0775.